The molecule has 2 amide bonds. The van der Waals surface area contributed by atoms with Crippen LogP contribution in [0.25, 0.3) is 11.2 Å². The second-order valence-electron chi connectivity index (χ2n) is 8.86. The lowest BCUT2D eigenvalue weighted by Gasteiger charge is -2.49. The molecule has 2 aliphatic heterocycles. The van der Waals surface area contributed by atoms with Gasteiger partial charge in [-0.25, -0.2) is 9.36 Å². The van der Waals surface area contributed by atoms with E-state index in [2.05, 4.69) is 30.0 Å². The monoisotopic (exact) mass is 598 g/mol. The minimum Gasteiger partial charge on any atom is -0.452 e. The number of β-lactam (4-membered cyclic amide) rings is 1. The van der Waals surface area contributed by atoms with E-state index >= 15 is 0 Å². The molecule has 1 fully saturated rings. The molecule has 2 radical (unpaired) electrons. The third kappa shape index (κ3) is 5.11. The Balaban J connectivity index is 1.41. The van der Waals surface area contributed by atoms with Gasteiger partial charge in [0.2, 0.25) is 11.5 Å². The Morgan fingerprint density at radius 1 is 1.40 bits per heavy atom. The van der Waals surface area contributed by atoms with Crippen LogP contribution in [0, 0.1) is 0 Å². The van der Waals surface area contributed by atoms with E-state index in [1.807, 2.05) is 34.4 Å². The highest BCUT2D eigenvalue weighted by Gasteiger charge is 2.55. The first-order valence-electron chi connectivity index (χ1n) is 12.3. The van der Waals surface area contributed by atoms with Crippen molar-refractivity contribution < 1.29 is 23.5 Å². The Morgan fingerprint density at radius 3 is 2.88 bits per heavy atom. The Labute approximate surface area is 240 Å². The van der Waals surface area contributed by atoms with Crippen LogP contribution in [0.2, 0.25) is 0 Å². The second-order valence-corrected chi connectivity index (χ2v) is 12.0. The molecule has 5 heterocycles. The summed E-state index contributed by atoms with van der Waals surface area (Å²) in [7, 11) is 7.46. The summed E-state index contributed by atoms with van der Waals surface area (Å²) in [5, 5.41) is 5.65. The molecular formula is C23H26BN9O4PS2+. The summed E-state index contributed by atoms with van der Waals surface area (Å²) in [4.78, 5) is 53.9. The van der Waals surface area contributed by atoms with Crippen LogP contribution in [0.3, 0.4) is 0 Å². The van der Waals surface area contributed by atoms with Gasteiger partial charge in [0.1, 0.15) is 29.2 Å². The van der Waals surface area contributed by atoms with Gasteiger partial charge in [-0.3, -0.25) is 19.5 Å². The van der Waals surface area contributed by atoms with Crippen LogP contribution in [0.15, 0.2) is 40.9 Å². The molecule has 2 N–H and O–H groups in total. The number of carbonyl (C=O) groups excluding carboxylic acids is 3. The Hall–Kier alpha value is -3.36. The summed E-state index contributed by atoms with van der Waals surface area (Å²) in [6.45, 7) is 4.73. The lowest BCUT2D eigenvalue weighted by molar-refractivity contribution is -0.664. The molecule has 2 aliphatic rings. The zero-order valence-corrected chi connectivity index (χ0v) is 24.7. The molecule has 0 spiro atoms. The van der Waals surface area contributed by atoms with Gasteiger partial charge in [-0.05, 0) is 30.7 Å². The number of thioether (sulfide) groups is 1. The van der Waals surface area contributed by atoms with E-state index < -0.39 is 37.2 Å². The maximum Gasteiger partial charge on any atom is 0.357 e. The number of pyridine rings is 1. The van der Waals surface area contributed by atoms with E-state index in [1.165, 1.54) is 23.7 Å². The molecule has 0 bridgehead atoms. The van der Waals surface area contributed by atoms with Gasteiger partial charge >= 0.3 is 11.6 Å². The van der Waals surface area contributed by atoms with Crippen molar-refractivity contribution in [1.82, 2.24) is 29.1 Å². The number of hydrogen-bond donors (Lipinski definition) is 2. The van der Waals surface area contributed by atoms with E-state index in [0.717, 1.165) is 29.2 Å². The van der Waals surface area contributed by atoms with E-state index in [1.54, 1.807) is 20.0 Å². The van der Waals surface area contributed by atoms with Gasteiger partial charge in [0.25, 0.3) is 11.8 Å². The molecule has 1 saturated heterocycles. The number of aliphatic imine (C=N–C) groups is 1. The van der Waals surface area contributed by atoms with Gasteiger partial charge in [0, 0.05) is 51.5 Å². The van der Waals surface area contributed by atoms with Crippen molar-refractivity contribution in [2.45, 2.75) is 31.4 Å². The molecule has 3 aromatic heterocycles. The molecule has 0 aromatic carbocycles. The van der Waals surface area contributed by atoms with Crippen LogP contribution in [0.4, 0.5) is 5.13 Å². The number of nitrogens with zero attached hydrogens (tertiary/aromatic N) is 7. The predicted molar refractivity (Wildman–Crippen MR) is 154 cm³/mol. The van der Waals surface area contributed by atoms with Crippen molar-refractivity contribution in [3.63, 3.8) is 0 Å². The summed E-state index contributed by atoms with van der Waals surface area (Å²) in [6.07, 6.45) is 3.66. The molecule has 5 rings (SSSR count). The fourth-order valence-corrected chi connectivity index (χ4v) is 6.77. The van der Waals surface area contributed by atoms with Gasteiger partial charge in [0.15, 0.2) is 19.1 Å². The summed E-state index contributed by atoms with van der Waals surface area (Å²) in [5.41, 5.74) is 2.59. The molecule has 0 saturated carbocycles. The number of nitrogens with one attached hydrogen (secondary N) is 2. The number of aromatic nitrogens is 5. The van der Waals surface area contributed by atoms with Gasteiger partial charge in [0.05, 0.1) is 6.20 Å². The highest BCUT2D eigenvalue weighted by Crippen LogP contribution is 2.42. The van der Waals surface area contributed by atoms with Crippen LogP contribution < -0.4 is 15.2 Å². The van der Waals surface area contributed by atoms with Crippen molar-refractivity contribution in [2.24, 2.45) is 4.99 Å². The second kappa shape index (κ2) is 11.6. The van der Waals surface area contributed by atoms with Crippen LogP contribution in [-0.2, 0) is 32.0 Å². The average Bonchev–Trinajstić information content (AvgIpc) is 3.59. The largest absolute Gasteiger partial charge is 0.452 e. The molecule has 3 atom stereocenters. The minimum absolute atomic E-state index is 0.0106. The lowest BCUT2D eigenvalue weighted by Crippen LogP contribution is -2.71. The van der Waals surface area contributed by atoms with Crippen LogP contribution in [-0.4, -0.2) is 92.8 Å². The van der Waals surface area contributed by atoms with Crippen LogP contribution in [0.5, 0.6) is 0 Å². The molecule has 40 heavy (non-hydrogen) atoms. The first-order valence-corrected chi connectivity index (χ1v) is 15.9. The predicted octanol–water partition coefficient (Wildman–Crippen LogP) is 0.663. The Morgan fingerprint density at radius 2 is 2.20 bits per heavy atom. The third-order valence-corrected chi connectivity index (χ3v) is 8.92. The van der Waals surface area contributed by atoms with Crippen LogP contribution in [0.1, 0.15) is 12.7 Å². The quantitative estimate of drug-likeness (QED) is 0.119. The standard InChI is InChI=1S/C23H25BN9O4PS2/c1-5-31-11-27-18-13(31)7-6-8-32(18)9-12-10-39-21-15(20(35)33(21)16(12)22(36)37-38(4)24)28-19(34)14(25-2)17-29-23(26-3)40-30-17/h6-8,11,15,21H,5,9-10H2,1-4H3,(H-,26,28,29,30,34)/p+1. The number of imidazole rings is 1. The molecule has 0 aliphatic carbocycles. The molecule has 3 aromatic rings. The van der Waals surface area contributed by atoms with Gasteiger partial charge < -0.3 is 19.7 Å². The number of amides is 2. The Bertz CT molecular complexity index is 1560. The maximum atomic E-state index is 13.4. The maximum absolute atomic E-state index is 13.4. The fraction of sp³-hybridized carbons (Fsp3) is 0.391. The van der Waals surface area contributed by atoms with E-state index in [-0.39, 0.29) is 17.2 Å². The number of carbonyl (C=O) groups is 3. The van der Waals surface area contributed by atoms with Gasteiger partial charge in [-0.2, -0.15) is 9.36 Å². The Kier molecular flexibility index (Phi) is 8.20. The summed E-state index contributed by atoms with van der Waals surface area (Å²) in [6, 6.07) is 3.04. The van der Waals surface area contributed by atoms with Gasteiger partial charge in [-0.15, -0.1) is 11.8 Å². The van der Waals surface area contributed by atoms with Crippen molar-refractivity contribution in [2.75, 3.05) is 31.8 Å². The van der Waals surface area contributed by atoms with Crippen molar-refractivity contribution in [1.29, 1.82) is 0 Å². The van der Waals surface area contributed by atoms with Crippen LogP contribution >= 0.6 is 31.3 Å². The highest BCUT2D eigenvalue weighted by molar-refractivity contribution is 8.00. The third-order valence-electron chi connectivity index (χ3n) is 6.40. The normalized spacial score (nSPS) is 19.8. The number of aryl methyl sites for hydroxylation is 1. The molecule has 3 unspecified atom stereocenters. The van der Waals surface area contributed by atoms with E-state index in [0.29, 0.717) is 23.0 Å². The number of hydrogen-bond acceptors (Lipinski definition) is 11. The number of fused-ring (bicyclic) bond motifs is 2. The smallest absolute Gasteiger partial charge is 0.357 e. The summed E-state index contributed by atoms with van der Waals surface area (Å²) >= 11 is 2.55. The topological polar surface area (TPSA) is 148 Å². The zero-order chi connectivity index (χ0) is 28.6. The molecule has 17 heteroatoms. The van der Waals surface area contributed by atoms with Crippen molar-refractivity contribution in [3.8, 4) is 0 Å². The van der Waals surface area contributed by atoms with Gasteiger partial charge in [-0.1, -0.05) is 0 Å². The molecular weight excluding hydrogens is 572 g/mol. The number of anilines is 1. The molecule has 206 valence electrons. The SMILES string of the molecule is [B]P(C)OC(=O)C1=C(C[n+]2cccc3c2ncn3CC)CSC2C(NC(=O)C(=NC)c3nsc(NC)n3)C(=O)N12. The van der Waals surface area contributed by atoms with E-state index in [9.17, 15) is 14.4 Å². The van der Waals surface area contributed by atoms with E-state index in [4.69, 9.17) is 12.1 Å². The summed E-state index contributed by atoms with van der Waals surface area (Å²) < 4.78 is 13.5. The first kappa shape index (κ1) is 28.2. The minimum atomic E-state index is -1.51. The zero-order valence-electron chi connectivity index (χ0n) is 22.2. The average molecular weight is 598 g/mol. The lowest BCUT2D eigenvalue weighted by atomic mass is 10.0. The number of rotatable bonds is 9. The van der Waals surface area contributed by atoms with Crippen molar-refractivity contribution in [3.05, 3.63) is 41.8 Å². The van der Waals surface area contributed by atoms with Crippen molar-refractivity contribution >= 4 is 78.7 Å². The summed E-state index contributed by atoms with van der Waals surface area (Å²) in [5.74, 6) is -1.07. The fourth-order valence-electron chi connectivity index (χ4n) is 4.57. The first-order chi connectivity index (χ1) is 19.3. The molecule has 13 nitrogen and oxygen atoms in total. The highest BCUT2D eigenvalue weighted by atomic mass is 32.2.